The van der Waals surface area contributed by atoms with Gasteiger partial charge in [-0.15, -0.1) is 0 Å². The second kappa shape index (κ2) is 8.67. The Labute approximate surface area is 139 Å². The van der Waals surface area contributed by atoms with Crippen molar-refractivity contribution in [2.45, 2.75) is 13.0 Å². The smallest absolute Gasteiger partial charge is 0.309 e. The lowest BCUT2D eigenvalue weighted by molar-refractivity contribution is -0.139. The fourth-order valence-electron chi connectivity index (χ4n) is 2.06. The molecule has 2 aromatic rings. The fourth-order valence-corrected chi connectivity index (χ4v) is 2.06. The number of benzene rings is 2. The van der Waals surface area contributed by atoms with Crippen LogP contribution in [0.5, 0.6) is 5.75 Å². The van der Waals surface area contributed by atoms with Crippen LogP contribution in [-0.2, 0) is 22.6 Å². The van der Waals surface area contributed by atoms with E-state index in [4.69, 9.17) is 4.74 Å². The highest BCUT2D eigenvalue weighted by atomic mass is 19.1. The second-order valence-electron chi connectivity index (χ2n) is 5.16. The van der Waals surface area contributed by atoms with Crippen LogP contribution in [-0.4, -0.2) is 25.5 Å². The van der Waals surface area contributed by atoms with Gasteiger partial charge in [0.1, 0.15) is 11.6 Å². The van der Waals surface area contributed by atoms with E-state index >= 15 is 0 Å². The third kappa shape index (κ3) is 5.39. The highest BCUT2D eigenvalue weighted by Gasteiger charge is 2.12. The van der Waals surface area contributed by atoms with E-state index < -0.39 is 11.8 Å². The van der Waals surface area contributed by atoms with E-state index in [2.05, 4.69) is 10.6 Å². The number of ether oxygens (including phenoxy) is 1. The standard InChI is InChI=1S/C18H19FN2O3/c1-24-16-8-4-13(5-9-16)10-11-20-17(22)18(23)21-12-14-2-6-15(19)7-3-14/h2-9H,10-12H2,1H3,(H,20,22)(H,21,23). The van der Waals surface area contributed by atoms with Crippen molar-refractivity contribution in [3.05, 3.63) is 65.5 Å². The van der Waals surface area contributed by atoms with Gasteiger partial charge in [0.05, 0.1) is 7.11 Å². The molecule has 0 saturated carbocycles. The molecule has 0 fully saturated rings. The van der Waals surface area contributed by atoms with Crippen molar-refractivity contribution in [2.75, 3.05) is 13.7 Å². The summed E-state index contributed by atoms with van der Waals surface area (Å²) in [5, 5.41) is 5.05. The maximum Gasteiger partial charge on any atom is 0.309 e. The fraction of sp³-hybridized carbons (Fsp3) is 0.222. The summed E-state index contributed by atoms with van der Waals surface area (Å²) in [6.07, 6.45) is 0.612. The normalized spacial score (nSPS) is 10.1. The average molecular weight is 330 g/mol. The minimum absolute atomic E-state index is 0.172. The summed E-state index contributed by atoms with van der Waals surface area (Å²) < 4.78 is 17.8. The van der Waals surface area contributed by atoms with Crippen LogP contribution in [0.1, 0.15) is 11.1 Å². The van der Waals surface area contributed by atoms with Crippen LogP contribution in [0.15, 0.2) is 48.5 Å². The lowest BCUT2D eigenvalue weighted by Gasteiger charge is -2.07. The molecule has 5 nitrogen and oxygen atoms in total. The lowest BCUT2D eigenvalue weighted by atomic mass is 10.1. The highest BCUT2D eigenvalue weighted by molar-refractivity contribution is 6.35. The molecule has 2 aromatic carbocycles. The average Bonchev–Trinajstić information content (AvgIpc) is 2.61. The summed E-state index contributed by atoms with van der Waals surface area (Å²) in [6.45, 7) is 0.528. The molecule has 0 saturated heterocycles. The van der Waals surface area contributed by atoms with Gasteiger partial charge in [0.15, 0.2) is 0 Å². The van der Waals surface area contributed by atoms with Gasteiger partial charge < -0.3 is 15.4 Å². The van der Waals surface area contributed by atoms with Gasteiger partial charge in [-0.05, 0) is 41.8 Å². The highest BCUT2D eigenvalue weighted by Crippen LogP contribution is 2.11. The summed E-state index contributed by atoms with van der Waals surface area (Å²) in [5.41, 5.74) is 1.75. The summed E-state index contributed by atoms with van der Waals surface area (Å²) >= 11 is 0. The first kappa shape index (κ1) is 17.5. The van der Waals surface area contributed by atoms with E-state index in [1.54, 1.807) is 19.2 Å². The Kier molecular flexibility index (Phi) is 6.31. The van der Waals surface area contributed by atoms with E-state index in [-0.39, 0.29) is 12.4 Å². The first-order chi connectivity index (χ1) is 11.6. The predicted octanol–water partition coefficient (Wildman–Crippen LogP) is 1.81. The maximum atomic E-state index is 12.8. The zero-order chi connectivity index (χ0) is 17.4. The molecule has 0 unspecified atom stereocenters. The van der Waals surface area contributed by atoms with Gasteiger partial charge in [-0.2, -0.15) is 0 Å². The Morgan fingerprint density at radius 1 is 0.917 bits per heavy atom. The minimum atomic E-state index is -0.714. The quantitative estimate of drug-likeness (QED) is 0.794. The minimum Gasteiger partial charge on any atom is -0.497 e. The molecule has 2 rings (SSSR count). The number of amides is 2. The first-order valence-electron chi connectivity index (χ1n) is 7.52. The lowest BCUT2D eigenvalue weighted by Crippen LogP contribution is -2.40. The van der Waals surface area contributed by atoms with Crippen LogP contribution < -0.4 is 15.4 Å². The number of hydrogen-bond acceptors (Lipinski definition) is 3. The first-order valence-corrected chi connectivity index (χ1v) is 7.52. The Balaban J connectivity index is 1.71. The Bertz CT molecular complexity index is 684. The number of halogens is 1. The van der Waals surface area contributed by atoms with Crippen LogP contribution >= 0.6 is 0 Å². The molecule has 2 N–H and O–H groups in total. The van der Waals surface area contributed by atoms with Crippen LogP contribution in [0.2, 0.25) is 0 Å². The molecule has 0 aliphatic rings. The van der Waals surface area contributed by atoms with Gasteiger partial charge >= 0.3 is 11.8 Å². The molecule has 0 atom stereocenters. The summed E-state index contributed by atoms with van der Waals surface area (Å²) in [7, 11) is 1.60. The number of hydrogen-bond donors (Lipinski definition) is 2. The van der Waals surface area contributed by atoms with Crippen molar-refractivity contribution < 1.29 is 18.7 Å². The molecule has 0 aromatic heterocycles. The second-order valence-corrected chi connectivity index (χ2v) is 5.16. The largest absolute Gasteiger partial charge is 0.497 e. The van der Waals surface area contributed by atoms with Crippen LogP contribution in [0.3, 0.4) is 0 Å². The van der Waals surface area contributed by atoms with Crippen LogP contribution in [0.25, 0.3) is 0 Å². The summed E-state index contributed by atoms with van der Waals surface area (Å²) in [6, 6.07) is 13.2. The van der Waals surface area contributed by atoms with Crippen molar-refractivity contribution in [3.63, 3.8) is 0 Å². The topological polar surface area (TPSA) is 67.4 Å². The van der Waals surface area contributed by atoms with E-state index in [1.165, 1.54) is 12.1 Å². The maximum absolute atomic E-state index is 12.8. The van der Waals surface area contributed by atoms with Gasteiger partial charge in [-0.3, -0.25) is 9.59 Å². The molecule has 24 heavy (non-hydrogen) atoms. The number of methoxy groups -OCH3 is 1. The molecule has 0 aliphatic carbocycles. The van der Waals surface area contributed by atoms with Crippen LogP contribution in [0, 0.1) is 5.82 Å². The molecular formula is C18H19FN2O3. The number of rotatable bonds is 6. The molecule has 0 spiro atoms. The zero-order valence-electron chi connectivity index (χ0n) is 13.3. The summed E-state index contributed by atoms with van der Waals surface area (Å²) in [4.78, 5) is 23.4. The van der Waals surface area contributed by atoms with E-state index in [1.807, 2.05) is 24.3 Å². The van der Waals surface area contributed by atoms with Crippen molar-refractivity contribution in [1.29, 1.82) is 0 Å². The number of carbonyl (C=O) groups is 2. The van der Waals surface area contributed by atoms with E-state index in [0.29, 0.717) is 13.0 Å². The van der Waals surface area contributed by atoms with Gasteiger partial charge in [-0.1, -0.05) is 24.3 Å². The molecule has 6 heteroatoms. The van der Waals surface area contributed by atoms with E-state index in [0.717, 1.165) is 16.9 Å². The van der Waals surface area contributed by atoms with Crippen molar-refractivity contribution in [1.82, 2.24) is 10.6 Å². The Morgan fingerprint density at radius 3 is 2.12 bits per heavy atom. The molecule has 0 aliphatic heterocycles. The predicted molar refractivity (Wildman–Crippen MR) is 88.0 cm³/mol. The summed E-state index contributed by atoms with van der Waals surface area (Å²) in [5.74, 6) is -0.982. The number of carbonyl (C=O) groups excluding carboxylic acids is 2. The van der Waals surface area contributed by atoms with E-state index in [9.17, 15) is 14.0 Å². The van der Waals surface area contributed by atoms with Crippen molar-refractivity contribution in [3.8, 4) is 5.75 Å². The van der Waals surface area contributed by atoms with Crippen molar-refractivity contribution >= 4 is 11.8 Å². The third-order valence-corrected chi connectivity index (χ3v) is 3.43. The third-order valence-electron chi connectivity index (χ3n) is 3.43. The Morgan fingerprint density at radius 2 is 1.50 bits per heavy atom. The van der Waals surface area contributed by atoms with Gasteiger partial charge in [0, 0.05) is 13.1 Å². The molecule has 0 heterocycles. The molecule has 0 bridgehead atoms. The molecule has 2 amide bonds. The molecule has 0 radical (unpaired) electrons. The molecule has 126 valence electrons. The zero-order valence-corrected chi connectivity index (χ0v) is 13.3. The SMILES string of the molecule is COc1ccc(CCNC(=O)C(=O)NCc2ccc(F)cc2)cc1. The number of nitrogens with one attached hydrogen (secondary N) is 2. The van der Waals surface area contributed by atoms with Crippen molar-refractivity contribution in [2.24, 2.45) is 0 Å². The van der Waals surface area contributed by atoms with Crippen LogP contribution in [0.4, 0.5) is 4.39 Å². The Hall–Kier alpha value is -2.89. The van der Waals surface area contributed by atoms with Gasteiger partial charge in [0.2, 0.25) is 0 Å². The monoisotopic (exact) mass is 330 g/mol. The molecular weight excluding hydrogens is 311 g/mol. The van der Waals surface area contributed by atoms with Gasteiger partial charge in [-0.25, -0.2) is 4.39 Å². The van der Waals surface area contributed by atoms with Gasteiger partial charge in [0.25, 0.3) is 0 Å².